The second-order valence-corrected chi connectivity index (χ2v) is 8.57. The van der Waals surface area contributed by atoms with Crippen LogP contribution < -0.4 is 5.32 Å². The molecule has 1 heterocycles. The first-order chi connectivity index (χ1) is 11.8. The van der Waals surface area contributed by atoms with Crippen LogP contribution in [-0.2, 0) is 4.79 Å². The number of hydrogen-bond acceptors (Lipinski definition) is 3. The monoisotopic (exact) mass is 353 g/mol. The molecule has 2 saturated carbocycles. The molecule has 1 atom stereocenters. The van der Waals surface area contributed by atoms with Crippen LogP contribution in [0.25, 0.3) is 0 Å². The van der Waals surface area contributed by atoms with Gasteiger partial charge in [0.15, 0.2) is 0 Å². The molecular formula is C19H29F2N3O. The van der Waals surface area contributed by atoms with Crippen molar-refractivity contribution in [3.63, 3.8) is 0 Å². The van der Waals surface area contributed by atoms with E-state index in [-0.39, 0.29) is 0 Å². The molecule has 3 rings (SSSR count). The number of likely N-dealkylation sites (tertiary alicyclic amines) is 1. The summed E-state index contributed by atoms with van der Waals surface area (Å²) in [5, 5.41) is 11.9. The number of amides is 1. The van der Waals surface area contributed by atoms with Gasteiger partial charge in [-0.3, -0.25) is 9.69 Å². The van der Waals surface area contributed by atoms with E-state index in [0.717, 1.165) is 19.8 Å². The van der Waals surface area contributed by atoms with Crippen LogP contribution in [0.2, 0.25) is 0 Å². The van der Waals surface area contributed by atoms with Crippen molar-refractivity contribution < 1.29 is 13.6 Å². The van der Waals surface area contributed by atoms with Gasteiger partial charge in [0.25, 0.3) is 0 Å². The molecule has 0 aromatic heterocycles. The summed E-state index contributed by atoms with van der Waals surface area (Å²) in [4.78, 5) is 14.6. The Balaban J connectivity index is 1.65. The molecule has 3 aliphatic rings. The van der Waals surface area contributed by atoms with Crippen molar-refractivity contribution >= 4 is 5.91 Å². The predicted molar refractivity (Wildman–Crippen MR) is 91.1 cm³/mol. The lowest BCUT2D eigenvalue weighted by Gasteiger charge is -2.46. The van der Waals surface area contributed by atoms with Gasteiger partial charge in [-0.1, -0.05) is 19.3 Å². The van der Waals surface area contributed by atoms with Gasteiger partial charge in [-0.2, -0.15) is 5.26 Å². The Hall–Kier alpha value is -1.22. The van der Waals surface area contributed by atoms with Crippen LogP contribution in [0, 0.1) is 16.7 Å². The van der Waals surface area contributed by atoms with E-state index in [2.05, 4.69) is 11.4 Å². The number of rotatable bonds is 5. The molecule has 0 bridgehead atoms. The lowest BCUT2D eigenvalue weighted by molar-refractivity contribution is -0.132. The van der Waals surface area contributed by atoms with Gasteiger partial charge in [-0.15, -0.1) is 0 Å². The maximum absolute atomic E-state index is 13.7. The van der Waals surface area contributed by atoms with Crippen molar-refractivity contribution in [2.24, 2.45) is 5.41 Å². The van der Waals surface area contributed by atoms with E-state index in [0.29, 0.717) is 31.3 Å². The molecule has 3 fully saturated rings. The van der Waals surface area contributed by atoms with E-state index >= 15 is 0 Å². The molecule has 4 nitrogen and oxygen atoms in total. The highest BCUT2D eigenvalue weighted by Gasteiger charge is 2.48. The number of carbonyl (C=O) groups excluding carboxylic acids is 1. The Morgan fingerprint density at radius 2 is 1.76 bits per heavy atom. The van der Waals surface area contributed by atoms with Crippen molar-refractivity contribution in [1.29, 1.82) is 5.26 Å². The Morgan fingerprint density at radius 3 is 2.24 bits per heavy atom. The first-order valence-corrected chi connectivity index (χ1v) is 9.62. The summed E-state index contributed by atoms with van der Waals surface area (Å²) >= 11 is 0. The van der Waals surface area contributed by atoms with Crippen molar-refractivity contribution in [2.45, 2.75) is 88.6 Å². The molecule has 2 aliphatic carbocycles. The molecule has 1 spiro atoms. The van der Waals surface area contributed by atoms with E-state index in [1.807, 2.05) is 4.90 Å². The van der Waals surface area contributed by atoms with Crippen LogP contribution in [0.1, 0.15) is 71.1 Å². The maximum Gasteiger partial charge on any atom is 0.247 e. The van der Waals surface area contributed by atoms with Gasteiger partial charge >= 0.3 is 0 Å². The van der Waals surface area contributed by atoms with Crippen molar-refractivity contribution in [2.75, 3.05) is 13.1 Å². The zero-order valence-corrected chi connectivity index (χ0v) is 15.1. The molecule has 1 saturated heterocycles. The number of piperidine rings is 1. The highest BCUT2D eigenvalue weighted by molar-refractivity contribution is 5.83. The van der Waals surface area contributed by atoms with E-state index < -0.39 is 29.8 Å². The molecule has 1 amide bonds. The van der Waals surface area contributed by atoms with Crippen molar-refractivity contribution in [3.8, 4) is 6.07 Å². The molecule has 1 aliphatic heterocycles. The third-order valence-corrected chi connectivity index (χ3v) is 6.39. The molecular weight excluding hydrogens is 324 g/mol. The minimum atomic E-state index is -2.90. The minimum Gasteiger partial charge on any atom is -0.336 e. The van der Waals surface area contributed by atoms with E-state index in [1.165, 1.54) is 32.1 Å². The molecule has 25 heavy (non-hydrogen) atoms. The summed E-state index contributed by atoms with van der Waals surface area (Å²) in [6.07, 6.45) is 9.05. The standard InChI is InChI=1S/C19H29F2N3O/c1-17(20,21)13-15(16(25)23-19(14-22)7-8-19)24-11-9-18(10-12-24)5-3-2-4-6-18/h15H,2-13H2,1H3,(H,23,25)/t15-/m0/s1. The number of hydrogen-bond donors (Lipinski definition) is 1. The summed E-state index contributed by atoms with van der Waals surface area (Å²) in [5.41, 5.74) is -0.437. The zero-order chi connectivity index (χ0) is 18.1. The molecule has 6 heteroatoms. The largest absolute Gasteiger partial charge is 0.336 e. The summed E-state index contributed by atoms with van der Waals surface area (Å²) in [5.74, 6) is -3.30. The average molecular weight is 353 g/mol. The maximum atomic E-state index is 13.7. The number of nitrogens with zero attached hydrogens (tertiary/aromatic N) is 2. The fourth-order valence-corrected chi connectivity index (χ4v) is 4.55. The number of carbonyl (C=O) groups is 1. The number of nitrogens with one attached hydrogen (secondary N) is 1. The second kappa shape index (κ2) is 6.83. The van der Waals surface area contributed by atoms with Crippen LogP contribution >= 0.6 is 0 Å². The van der Waals surface area contributed by atoms with Gasteiger partial charge in [-0.05, 0) is 64.0 Å². The lowest BCUT2D eigenvalue weighted by atomic mass is 9.68. The Bertz CT molecular complexity index is 532. The molecule has 0 radical (unpaired) electrons. The van der Waals surface area contributed by atoms with E-state index in [4.69, 9.17) is 5.26 Å². The predicted octanol–water partition coefficient (Wildman–Crippen LogP) is 3.62. The van der Waals surface area contributed by atoms with Gasteiger partial charge in [0.1, 0.15) is 5.54 Å². The molecule has 0 aromatic rings. The van der Waals surface area contributed by atoms with Crippen LogP contribution in [0.3, 0.4) is 0 Å². The third kappa shape index (κ3) is 4.49. The highest BCUT2D eigenvalue weighted by Crippen LogP contribution is 2.45. The lowest BCUT2D eigenvalue weighted by Crippen LogP contribution is -2.55. The fourth-order valence-electron chi connectivity index (χ4n) is 4.55. The third-order valence-electron chi connectivity index (χ3n) is 6.39. The Morgan fingerprint density at radius 1 is 1.16 bits per heavy atom. The van der Waals surface area contributed by atoms with Gasteiger partial charge < -0.3 is 5.32 Å². The van der Waals surface area contributed by atoms with Crippen LogP contribution in [-0.4, -0.2) is 41.4 Å². The minimum absolute atomic E-state index is 0.370. The highest BCUT2D eigenvalue weighted by atomic mass is 19.3. The van der Waals surface area contributed by atoms with E-state index in [9.17, 15) is 13.6 Å². The van der Waals surface area contributed by atoms with Gasteiger partial charge in [-0.25, -0.2) is 8.78 Å². The number of halogens is 2. The summed E-state index contributed by atoms with van der Waals surface area (Å²) < 4.78 is 27.4. The van der Waals surface area contributed by atoms with Crippen molar-refractivity contribution in [1.82, 2.24) is 10.2 Å². The van der Waals surface area contributed by atoms with Crippen molar-refractivity contribution in [3.05, 3.63) is 0 Å². The van der Waals surface area contributed by atoms with Gasteiger partial charge in [0.2, 0.25) is 11.8 Å². The van der Waals surface area contributed by atoms with Crippen LogP contribution in [0.4, 0.5) is 8.78 Å². The summed E-state index contributed by atoms with van der Waals surface area (Å²) in [6.45, 7) is 2.28. The molecule has 140 valence electrons. The quantitative estimate of drug-likeness (QED) is 0.821. The van der Waals surface area contributed by atoms with Crippen LogP contribution in [0.5, 0.6) is 0 Å². The molecule has 0 aromatic carbocycles. The van der Waals surface area contributed by atoms with Crippen LogP contribution in [0.15, 0.2) is 0 Å². The summed E-state index contributed by atoms with van der Waals surface area (Å²) in [7, 11) is 0. The first kappa shape index (κ1) is 18.6. The van der Waals surface area contributed by atoms with Gasteiger partial charge in [0, 0.05) is 6.42 Å². The Labute approximate surface area is 148 Å². The molecule has 0 unspecified atom stereocenters. The topological polar surface area (TPSA) is 56.1 Å². The smallest absolute Gasteiger partial charge is 0.247 e. The van der Waals surface area contributed by atoms with Gasteiger partial charge in [0.05, 0.1) is 12.1 Å². The number of nitriles is 1. The number of alkyl halides is 2. The SMILES string of the molecule is CC(F)(F)C[C@@H](C(=O)NC1(C#N)CC1)N1CCC2(CCCCC2)CC1. The second-order valence-electron chi connectivity index (χ2n) is 8.57. The molecule has 1 N–H and O–H groups in total. The first-order valence-electron chi connectivity index (χ1n) is 9.62. The fraction of sp³-hybridized carbons (Fsp3) is 0.895. The average Bonchev–Trinajstić information content (AvgIpc) is 3.34. The zero-order valence-electron chi connectivity index (χ0n) is 15.1. The normalized spacial score (nSPS) is 26.6. The van der Waals surface area contributed by atoms with E-state index in [1.54, 1.807) is 0 Å². The Kier molecular flexibility index (Phi) is 5.07. The summed E-state index contributed by atoms with van der Waals surface area (Å²) in [6, 6.07) is 1.27.